The van der Waals surface area contributed by atoms with Gasteiger partial charge in [-0.25, -0.2) is 0 Å². The molecule has 2 nitrogen and oxygen atoms in total. The van der Waals surface area contributed by atoms with Gasteiger partial charge < -0.3 is 9.47 Å². The number of aromatic nitrogens is 1. The molecule has 0 bridgehead atoms. The number of halogens is 2. The molecule has 0 spiro atoms. The Hall–Kier alpha value is -2.82. The highest BCUT2D eigenvalue weighted by atomic mass is 79.9. The quantitative estimate of drug-likeness (QED) is 0.167. The minimum absolute atomic E-state index is 0.0940. The summed E-state index contributed by atoms with van der Waals surface area (Å²) in [6.07, 6.45) is 3.00. The van der Waals surface area contributed by atoms with Crippen LogP contribution in [0.2, 0.25) is 0 Å². The summed E-state index contributed by atoms with van der Waals surface area (Å²) < 4.78 is 4.46. The molecule has 0 radical (unpaired) electrons. The van der Waals surface area contributed by atoms with Crippen LogP contribution in [-0.2, 0) is 11.8 Å². The van der Waals surface area contributed by atoms with Gasteiger partial charge in [0.15, 0.2) is 0 Å². The van der Waals surface area contributed by atoms with E-state index in [0.29, 0.717) is 0 Å². The molecule has 0 unspecified atom stereocenters. The van der Waals surface area contributed by atoms with E-state index in [1.165, 1.54) is 33.1 Å². The van der Waals surface area contributed by atoms with Gasteiger partial charge in [-0.15, -0.1) is 6.58 Å². The molecule has 0 saturated heterocycles. The minimum Gasteiger partial charge on any atom is -0.332 e. The molecule has 5 aromatic rings. The van der Waals surface area contributed by atoms with Crippen molar-refractivity contribution in [3.05, 3.63) is 112 Å². The van der Waals surface area contributed by atoms with E-state index in [1.807, 2.05) is 6.08 Å². The summed E-state index contributed by atoms with van der Waals surface area (Å²) in [6.45, 7) is 17.8. The van der Waals surface area contributed by atoms with Crippen molar-refractivity contribution in [2.75, 3.05) is 4.90 Å². The van der Waals surface area contributed by atoms with Crippen LogP contribution in [-0.4, -0.2) is 10.1 Å². The molecular formula is C35H36Br2N2. The van der Waals surface area contributed by atoms with Crippen molar-refractivity contribution in [2.24, 2.45) is 0 Å². The van der Waals surface area contributed by atoms with E-state index in [0.717, 1.165) is 32.3 Å². The van der Waals surface area contributed by atoms with E-state index in [1.54, 1.807) is 0 Å². The Morgan fingerprint density at radius 1 is 0.821 bits per heavy atom. The van der Waals surface area contributed by atoms with Crippen molar-refractivity contribution in [3.8, 4) is 5.69 Å². The van der Waals surface area contributed by atoms with Crippen molar-refractivity contribution >= 4 is 65.0 Å². The Kier molecular flexibility index (Phi) is 7.32. The summed E-state index contributed by atoms with van der Waals surface area (Å²) in [5.74, 6) is 0. The average Bonchev–Trinajstić information content (AvgIpc) is 3.23. The van der Waals surface area contributed by atoms with Crippen molar-refractivity contribution in [1.29, 1.82) is 0 Å². The third-order valence-corrected chi connectivity index (χ3v) is 8.98. The minimum atomic E-state index is -0.318. The molecule has 0 atom stereocenters. The largest absolute Gasteiger partial charge is 0.332 e. The van der Waals surface area contributed by atoms with Crippen LogP contribution in [0.25, 0.3) is 27.5 Å². The maximum Gasteiger partial charge on any atom is 0.0685 e. The Balaban J connectivity index is 1.83. The zero-order chi connectivity index (χ0) is 28.1. The highest BCUT2D eigenvalue weighted by Gasteiger charge is 2.29. The van der Waals surface area contributed by atoms with Crippen LogP contribution >= 0.6 is 31.9 Å². The van der Waals surface area contributed by atoms with Gasteiger partial charge in [0, 0.05) is 31.1 Å². The van der Waals surface area contributed by atoms with E-state index in [-0.39, 0.29) is 11.0 Å². The number of aryl methyl sites for hydroxylation is 1. The first-order chi connectivity index (χ1) is 18.5. The van der Waals surface area contributed by atoms with Crippen molar-refractivity contribution in [2.45, 2.75) is 58.9 Å². The molecule has 0 saturated carbocycles. The second-order valence-electron chi connectivity index (χ2n) is 11.8. The molecule has 0 aliphatic heterocycles. The summed E-state index contributed by atoms with van der Waals surface area (Å²) in [6, 6.07) is 28.6. The normalized spacial score (nSPS) is 12.3. The molecule has 0 amide bonds. The molecule has 4 heteroatoms. The number of hydrogen-bond donors (Lipinski definition) is 0. The number of para-hydroxylation sites is 2. The molecule has 0 fully saturated rings. The van der Waals surface area contributed by atoms with Gasteiger partial charge in [0.2, 0.25) is 0 Å². The number of hydrogen-bond acceptors (Lipinski definition) is 1. The fraction of sp³-hybridized carbons (Fsp3) is 0.257. The first-order valence-corrected chi connectivity index (χ1v) is 15.1. The SMILES string of the molecule is C=CC(C)(C)N(c1cc(Br)c2c(c1)c1ccccc1n2-c1ccccc1Br)c1ccc(C(C)(C)C)cc1CC. The lowest BCUT2D eigenvalue weighted by Crippen LogP contribution is -2.39. The van der Waals surface area contributed by atoms with E-state index in [4.69, 9.17) is 0 Å². The summed E-state index contributed by atoms with van der Waals surface area (Å²) in [7, 11) is 0. The Labute approximate surface area is 249 Å². The molecule has 0 aliphatic carbocycles. The van der Waals surface area contributed by atoms with Crippen molar-refractivity contribution in [3.63, 3.8) is 0 Å². The molecular weight excluding hydrogens is 608 g/mol. The zero-order valence-electron chi connectivity index (χ0n) is 23.6. The summed E-state index contributed by atoms with van der Waals surface area (Å²) in [5, 5.41) is 2.43. The van der Waals surface area contributed by atoms with Crippen LogP contribution in [0.3, 0.4) is 0 Å². The molecule has 200 valence electrons. The van der Waals surface area contributed by atoms with Crippen LogP contribution in [0.1, 0.15) is 52.7 Å². The standard InChI is InChI=1S/C35H36Br2N2/c1-8-23-20-24(34(3,4)5)18-19-30(23)39(35(6,7)9-2)25-21-27-26-14-10-12-16-31(26)38(33(27)29(37)22-25)32-17-13-11-15-28(32)36/h9-22H,2,8H2,1,3-7H3. The number of fused-ring (bicyclic) bond motifs is 3. The average molecular weight is 644 g/mol. The predicted molar refractivity (Wildman–Crippen MR) is 177 cm³/mol. The zero-order valence-corrected chi connectivity index (χ0v) is 26.8. The van der Waals surface area contributed by atoms with E-state index >= 15 is 0 Å². The van der Waals surface area contributed by atoms with Crippen LogP contribution in [0.5, 0.6) is 0 Å². The van der Waals surface area contributed by atoms with Crippen LogP contribution in [0.15, 0.2) is 100 Å². The summed E-state index contributed by atoms with van der Waals surface area (Å²) in [5.41, 5.74) is 8.27. The van der Waals surface area contributed by atoms with E-state index in [9.17, 15) is 0 Å². The van der Waals surface area contributed by atoms with Gasteiger partial charge in [-0.05, 0) is 105 Å². The number of benzene rings is 4. The maximum absolute atomic E-state index is 4.24. The number of anilines is 2. The number of rotatable bonds is 6. The van der Waals surface area contributed by atoms with Gasteiger partial charge in [-0.1, -0.05) is 76.2 Å². The summed E-state index contributed by atoms with van der Waals surface area (Å²) >= 11 is 7.81. The van der Waals surface area contributed by atoms with Gasteiger partial charge >= 0.3 is 0 Å². The second-order valence-corrected chi connectivity index (χ2v) is 13.5. The third-order valence-electron chi connectivity index (χ3n) is 7.70. The smallest absolute Gasteiger partial charge is 0.0685 e. The van der Waals surface area contributed by atoms with Gasteiger partial charge in [-0.2, -0.15) is 0 Å². The van der Waals surface area contributed by atoms with Crippen LogP contribution in [0, 0.1) is 0 Å². The van der Waals surface area contributed by atoms with Crippen LogP contribution < -0.4 is 4.90 Å². The monoisotopic (exact) mass is 642 g/mol. The van der Waals surface area contributed by atoms with Crippen LogP contribution in [0.4, 0.5) is 11.4 Å². The molecule has 1 aromatic heterocycles. The van der Waals surface area contributed by atoms with Crippen molar-refractivity contribution in [1.82, 2.24) is 4.57 Å². The molecule has 1 heterocycles. The fourth-order valence-electron chi connectivity index (χ4n) is 5.47. The van der Waals surface area contributed by atoms with E-state index in [2.05, 4.69) is 168 Å². The lowest BCUT2D eigenvalue weighted by molar-refractivity contribution is 0.588. The van der Waals surface area contributed by atoms with Gasteiger partial charge in [0.25, 0.3) is 0 Å². The first-order valence-electron chi connectivity index (χ1n) is 13.5. The molecule has 5 rings (SSSR count). The summed E-state index contributed by atoms with van der Waals surface area (Å²) in [4.78, 5) is 2.44. The maximum atomic E-state index is 4.24. The lowest BCUT2D eigenvalue weighted by Gasteiger charge is -2.40. The van der Waals surface area contributed by atoms with Gasteiger partial charge in [-0.3, -0.25) is 0 Å². The fourth-order valence-corrected chi connectivity index (χ4v) is 6.56. The van der Waals surface area contributed by atoms with Gasteiger partial charge in [0.1, 0.15) is 0 Å². The predicted octanol–water partition coefficient (Wildman–Crippen LogP) is 11.3. The molecule has 39 heavy (non-hydrogen) atoms. The molecule has 0 aliphatic rings. The Bertz CT molecular complexity index is 1700. The topological polar surface area (TPSA) is 8.17 Å². The lowest BCUT2D eigenvalue weighted by atomic mass is 9.85. The van der Waals surface area contributed by atoms with E-state index < -0.39 is 0 Å². The molecule has 4 aromatic carbocycles. The third kappa shape index (κ3) is 4.87. The van der Waals surface area contributed by atoms with Gasteiger partial charge in [0.05, 0.1) is 22.3 Å². The Morgan fingerprint density at radius 2 is 1.51 bits per heavy atom. The number of nitrogens with zero attached hydrogens (tertiary/aromatic N) is 2. The highest BCUT2D eigenvalue weighted by molar-refractivity contribution is 9.11. The second kappa shape index (κ2) is 10.3. The van der Waals surface area contributed by atoms with Crippen molar-refractivity contribution < 1.29 is 0 Å². The molecule has 0 N–H and O–H groups in total. The Morgan fingerprint density at radius 3 is 2.18 bits per heavy atom. The first kappa shape index (κ1) is 27.7. The highest BCUT2D eigenvalue weighted by Crippen LogP contribution is 2.44.